The standard InChI is InChI=1S/C16H22O4/c1-11-9-14(20-3)12(10-13(11)19-2)16(15(17)18)7-5-4-6-8-16/h9-10H,4-8H2,1-3H3,(H,17,18). The fourth-order valence-corrected chi connectivity index (χ4v) is 3.18. The number of benzene rings is 1. The van der Waals surface area contributed by atoms with Gasteiger partial charge in [0.05, 0.1) is 19.6 Å². The number of methoxy groups -OCH3 is 2. The molecule has 1 aliphatic carbocycles. The summed E-state index contributed by atoms with van der Waals surface area (Å²) in [5, 5.41) is 9.80. The number of carbonyl (C=O) groups is 1. The van der Waals surface area contributed by atoms with E-state index in [0.717, 1.165) is 30.4 Å². The van der Waals surface area contributed by atoms with Gasteiger partial charge in [-0.3, -0.25) is 4.79 Å². The van der Waals surface area contributed by atoms with Crippen LogP contribution in [0.3, 0.4) is 0 Å². The van der Waals surface area contributed by atoms with Crippen LogP contribution in [-0.4, -0.2) is 25.3 Å². The number of carboxylic acids is 1. The molecule has 0 bridgehead atoms. The topological polar surface area (TPSA) is 55.8 Å². The van der Waals surface area contributed by atoms with Crippen LogP contribution in [0.4, 0.5) is 0 Å². The van der Waals surface area contributed by atoms with Gasteiger partial charge in [-0.1, -0.05) is 19.3 Å². The van der Waals surface area contributed by atoms with Crippen molar-refractivity contribution >= 4 is 5.97 Å². The van der Waals surface area contributed by atoms with Crippen molar-refractivity contribution in [2.75, 3.05) is 14.2 Å². The summed E-state index contributed by atoms with van der Waals surface area (Å²) >= 11 is 0. The fourth-order valence-electron chi connectivity index (χ4n) is 3.18. The Morgan fingerprint density at radius 2 is 1.70 bits per heavy atom. The molecule has 1 aliphatic rings. The summed E-state index contributed by atoms with van der Waals surface area (Å²) in [6, 6.07) is 3.71. The molecule has 0 saturated heterocycles. The van der Waals surface area contributed by atoms with Gasteiger partial charge in [0.1, 0.15) is 11.5 Å². The molecule has 0 amide bonds. The SMILES string of the molecule is COc1cc(C2(C(=O)O)CCCCC2)c(OC)cc1C. The zero-order valence-corrected chi connectivity index (χ0v) is 12.4. The zero-order chi connectivity index (χ0) is 14.8. The van der Waals surface area contributed by atoms with E-state index in [1.165, 1.54) is 0 Å². The van der Waals surface area contributed by atoms with E-state index in [1.54, 1.807) is 14.2 Å². The van der Waals surface area contributed by atoms with Crippen molar-refractivity contribution < 1.29 is 19.4 Å². The summed E-state index contributed by atoms with van der Waals surface area (Å²) in [5.74, 6) is 0.598. The van der Waals surface area contributed by atoms with E-state index >= 15 is 0 Å². The predicted molar refractivity (Wildman–Crippen MR) is 76.7 cm³/mol. The van der Waals surface area contributed by atoms with Gasteiger partial charge >= 0.3 is 5.97 Å². The van der Waals surface area contributed by atoms with Gasteiger partial charge in [-0.25, -0.2) is 0 Å². The Labute approximate surface area is 119 Å². The lowest BCUT2D eigenvalue weighted by molar-refractivity contribution is -0.145. The molecule has 0 aliphatic heterocycles. The normalized spacial score (nSPS) is 17.6. The molecule has 4 nitrogen and oxygen atoms in total. The zero-order valence-electron chi connectivity index (χ0n) is 12.4. The molecule has 1 N–H and O–H groups in total. The average Bonchev–Trinajstić information content (AvgIpc) is 2.47. The molecule has 0 atom stereocenters. The third-order valence-corrected chi connectivity index (χ3v) is 4.35. The fraction of sp³-hybridized carbons (Fsp3) is 0.562. The quantitative estimate of drug-likeness (QED) is 0.918. The highest BCUT2D eigenvalue weighted by atomic mass is 16.5. The Kier molecular flexibility index (Phi) is 4.21. The van der Waals surface area contributed by atoms with Crippen LogP contribution in [0.15, 0.2) is 12.1 Å². The second-order valence-electron chi connectivity index (χ2n) is 5.47. The van der Waals surface area contributed by atoms with E-state index in [-0.39, 0.29) is 0 Å². The minimum Gasteiger partial charge on any atom is -0.496 e. The Morgan fingerprint density at radius 3 is 2.20 bits per heavy atom. The highest BCUT2D eigenvalue weighted by Crippen LogP contribution is 2.45. The first-order valence-electron chi connectivity index (χ1n) is 7.01. The highest BCUT2D eigenvalue weighted by molar-refractivity contribution is 5.83. The largest absolute Gasteiger partial charge is 0.496 e. The molecule has 20 heavy (non-hydrogen) atoms. The molecule has 0 radical (unpaired) electrons. The van der Waals surface area contributed by atoms with Gasteiger partial charge < -0.3 is 14.6 Å². The Bertz CT molecular complexity index is 501. The van der Waals surface area contributed by atoms with Crippen LogP contribution in [0.1, 0.15) is 43.2 Å². The van der Waals surface area contributed by atoms with Gasteiger partial charge in [0.25, 0.3) is 0 Å². The van der Waals surface area contributed by atoms with Crippen molar-refractivity contribution in [1.82, 2.24) is 0 Å². The van der Waals surface area contributed by atoms with Crippen molar-refractivity contribution in [2.24, 2.45) is 0 Å². The van der Waals surface area contributed by atoms with Gasteiger partial charge in [0, 0.05) is 5.56 Å². The smallest absolute Gasteiger partial charge is 0.314 e. The van der Waals surface area contributed by atoms with Crippen molar-refractivity contribution in [2.45, 2.75) is 44.4 Å². The Hall–Kier alpha value is -1.71. The van der Waals surface area contributed by atoms with Gasteiger partial charge in [-0.2, -0.15) is 0 Å². The number of hydrogen-bond acceptors (Lipinski definition) is 3. The maximum Gasteiger partial charge on any atom is 0.314 e. The minimum atomic E-state index is -0.843. The third-order valence-electron chi connectivity index (χ3n) is 4.35. The summed E-state index contributed by atoms with van der Waals surface area (Å²) in [7, 11) is 3.19. The van der Waals surface area contributed by atoms with Crippen LogP contribution < -0.4 is 9.47 Å². The van der Waals surface area contributed by atoms with E-state index in [9.17, 15) is 9.90 Å². The van der Waals surface area contributed by atoms with Gasteiger partial charge in [0.2, 0.25) is 0 Å². The lowest BCUT2D eigenvalue weighted by Gasteiger charge is -2.35. The number of rotatable bonds is 4. The molecule has 110 valence electrons. The summed E-state index contributed by atoms with van der Waals surface area (Å²) < 4.78 is 10.8. The molecule has 0 unspecified atom stereocenters. The number of carboxylic acid groups (broad SMARTS) is 1. The average molecular weight is 278 g/mol. The second-order valence-corrected chi connectivity index (χ2v) is 5.47. The van der Waals surface area contributed by atoms with E-state index < -0.39 is 11.4 Å². The Balaban J connectivity index is 2.60. The molecule has 1 fully saturated rings. The minimum absolute atomic E-state index is 0.646. The van der Waals surface area contributed by atoms with E-state index in [4.69, 9.17) is 9.47 Å². The summed E-state index contributed by atoms with van der Waals surface area (Å²) in [4.78, 5) is 11.9. The molecular formula is C16H22O4. The molecule has 0 heterocycles. The number of aryl methyl sites for hydroxylation is 1. The van der Waals surface area contributed by atoms with Gasteiger partial charge in [-0.15, -0.1) is 0 Å². The van der Waals surface area contributed by atoms with E-state index in [0.29, 0.717) is 24.3 Å². The van der Waals surface area contributed by atoms with Crippen LogP contribution >= 0.6 is 0 Å². The molecule has 0 aromatic heterocycles. The first kappa shape index (κ1) is 14.7. The first-order valence-corrected chi connectivity index (χ1v) is 7.01. The van der Waals surface area contributed by atoms with Crippen LogP contribution in [0, 0.1) is 6.92 Å². The monoisotopic (exact) mass is 278 g/mol. The lowest BCUT2D eigenvalue weighted by Crippen LogP contribution is -2.38. The third kappa shape index (κ3) is 2.35. The second kappa shape index (κ2) is 5.73. The lowest BCUT2D eigenvalue weighted by atomic mass is 9.69. The predicted octanol–water partition coefficient (Wildman–Crippen LogP) is 3.30. The molecule has 1 aromatic carbocycles. The van der Waals surface area contributed by atoms with Crippen LogP contribution in [0.5, 0.6) is 11.5 Å². The number of ether oxygens (including phenoxy) is 2. The maximum atomic E-state index is 11.9. The van der Waals surface area contributed by atoms with Crippen LogP contribution in [-0.2, 0) is 10.2 Å². The molecule has 1 saturated carbocycles. The number of aliphatic carboxylic acids is 1. The molecule has 2 rings (SSSR count). The summed E-state index contributed by atoms with van der Waals surface area (Å²) in [6.45, 7) is 1.93. The van der Waals surface area contributed by atoms with Crippen LogP contribution in [0.25, 0.3) is 0 Å². The van der Waals surface area contributed by atoms with Crippen LogP contribution in [0.2, 0.25) is 0 Å². The number of hydrogen-bond donors (Lipinski definition) is 1. The highest BCUT2D eigenvalue weighted by Gasteiger charge is 2.43. The van der Waals surface area contributed by atoms with Crippen molar-refractivity contribution in [3.63, 3.8) is 0 Å². The molecular weight excluding hydrogens is 256 g/mol. The maximum absolute atomic E-state index is 11.9. The Morgan fingerprint density at radius 1 is 1.10 bits per heavy atom. The van der Waals surface area contributed by atoms with Crippen molar-refractivity contribution in [3.05, 3.63) is 23.3 Å². The summed E-state index contributed by atoms with van der Waals surface area (Å²) in [5.41, 5.74) is 0.851. The van der Waals surface area contributed by atoms with E-state index in [2.05, 4.69) is 0 Å². The first-order chi connectivity index (χ1) is 9.55. The van der Waals surface area contributed by atoms with Crippen molar-refractivity contribution in [1.29, 1.82) is 0 Å². The van der Waals surface area contributed by atoms with Gasteiger partial charge in [-0.05, 0) is 37.5 Å². The van der Waals surface area contributed by atoms with Gasteiger partial charge in [0.15, 0.2) is 0 Å². The molecule has 1 aromatic rings. The summed E-state index contributed by atoms with van der Waals surface area (Å²) in [6.07, 6.45) is 4.29. The molecule has 4 heteroatoms. The van der Waals surface area contributed by atoms with Crippen molar-refractivity contribution in [3.8, 4) is 11.5 Å². The molecule has 0 spiro atoms. The van der Waals surface area contributed by atoms with E-state index in [1.807, 2.05) is 19.1 Å².